The average Bonchev–Trinajstić information content (AvgIpc) is 3.10. The third kappa shape index (κ3) is 3.99. The van der Waals surface area contributed by atoms with Gasteiger partial charge < -0.3 is 9.30 Å². The van der Waals surface area contributed by atoms with Crippen molar-refractivity contribution < 1.29 is 4.74 Å². The van der Waals surface area contributed by atoms with E-state index in [1.807, 2.05) is 24.3 Å². The van der Waals surface area contributed by atoms with E-state index in [0.29, 0.717) is 12.0 Å². The summed E-state index contributed by atoms with van der Waals surface area (Å²) in [4.78, 5) is 4.77. The monoisotopic (exact) mass is 432 g/mol. The van der Waals surface area contributed by atoms with E-state index in [4.69, 9.17) is 21.3 Å². The van der Waals surface area contributed by atoms with Gasteiger partial charge in [-0.15, -0.1) is 21.5 Å². The lowest BCUT2D eigenvalue weighted by Gasteiger charge is -2.14. The number of benzene rings is 1. The van der Waals surface area contributed by atoms with Crippen LogP contribution < -0.4 is 0 Å². The van der Waals surface area contributed by atoms with Crippen LogP contribution in [0.25, 0.3) is 10.6 Å². The predicted octanol–water partition coefficient (Wildman–Crippen LogP) is 5.40. The van der Waals surface area contributed by atoms with Crippen LogP contribution in [0.15, 0.2) is 34.8 Å². The molecule has 1 aliphatic heterocycles. The summed E-state index contributed by atoms with van der Waals surface area (Å²) in [5.74, 6) is 2.48. The maximum atomic E-state index is 6.31. The van der Waals surface area contributed by atoms with E-state index in [-0.39, 0.29) is 0 Å². The normalized spacial score (nSPS) is 19.4. The van der Waals surface area contributed by atoms with Gasteiger partial charge >= 0.3 is 0 Å². The van der Waals surface area contributed by atoms with Gasteiger partial charge in [0, 0.05) is 29.2 Å². The summed E-state index contributed by atoms with van der Waals surface area (Å²) in [6, 6.07) is 7.84. The van der Waals surface area contributed by atoms with Crippen LogP contribution in [-0.2, 0) is 17.0 Å². The second kappa shape index (κ2) is 8.14. The lowest BCUT2D eigenvalue weighted by molar-refractivity contribution is 0.0942. The Morgan fingerprint density at radius 2 is 2.11 bits per heavy atom. The molecular weight excluding hydrogens is 412 g/mol. The fourth-order valence-electron chi connectivity index (χ4n) is 3.48. The van der Waals surface area contributed by atoms with E-state index in [0.717, 1.165) is 64.0 Å². The summed E-state index contributed by atoms with van der Waals surface area (Å²) >= 11 is 9.65. The molecular formula is C20H21ClN4OS2. The number of halogens is 1. The first-order valence-electron chi connectivity index (χ1n) is 9.65. The molecule has 1 aromatic carbocycles. The Labute approximate surface area is 177 Å². The molecule has 146 valence electrons. The van der Waals surface area contributed by atoms with Crippen molar-refractivity contribution in [3.8, 4) is 10.6 Å². The van der Waals surface area contributed by atoms with Crippen molar-refractivity contribution in [2.75, 3.05) is 6.61 Å². The molecule has 0 spiro atoms. The van der Waals surface area contributed by atoms with E-state index in [1.54, 1.807) is 23.1 Å². The van der Waals surface area contributed by atoms with E-state index >= 15 is 0 Å². The van der Waals surface area contributed by atoms with Gasteiger partial charge in [0.15, 0.2) is 5.16 Å². The molecule has 5 nitrogen and oxygen atoms in total. The van der Waals surface area contributed by atoms with E-state index in [9.17, 15) is 0 Å². The summed E-state index contributed by atoms with van der Waals surface area (Å²) < 4.78 is 8.15. The molecule has 3 aromatic rings. The van der Waals surface area contributed by atoms with Crippen LogP contribution in [-0.4, -0.2) is 32.5 Å². The van der Waals surface area contributed by atoms with Gasteiger partial charge in [-0.2, -0.15) is 0 Å². The van der Waals surface area contributed by atoms with Gasteiger partial charge in [-0.1, -0.05) is 41.6 Å². The highest BCUT2D eigenvalue weighted by molar-refractivity contribution is 7.98. The highest BCUT2D eigenvalue weighted by Crippen LogP contribution is 2.41. The Kier molecular flexibility index (Phi) is 5.41. The van der Waals surface area contributed by atoms with E-state index < -0.39 is 0 Å². The van der Waals surface area contributed by atoms with E-state index in [1.165, 1.54) is 12.8 Å². The van der Waals surface area contributed by atoms with Crippen LogP contribution in [0.2, 0.25) is 5.02 Å². The molecule has 8 heteroatoms. The molecule has 0 radical (unpaired) electrons. The molecule has 0 amide bonds. The minimum absolute atomic E-state index is 0.291. The third-order valence-electron chi connectivity index (χ3n) is 5.10. The molecule has 2 aliphatic rings. The van der Waals surface area contributed by atoms with Gasteiger partial charge in [0.25, 0.3) is 0 Å². The maximum Gasteiger partial charge on any atom is 0.191 e. The minimum atomic E-state index is 0.291. The van der Waals surface area contributed by atoms with Crippen LogP contribution in [0.4, 0.5) is 0 Å². The van der Waals surface area contributed by atoms with Crippen molar-refractivity contribution >= 4 is 34.7 Å². The molecule has 28 heavy (non-hydrogen) atoms. The Morgan fingerprint density at radius 3 is 2.89 bits per heavy atom. The number of hydrogen-bond acceptors (Lipinski definition) is 6. The summed E-state index contributed by atoms with van der Waals surface area (Å²) in [5.41, 5.74) is 2.03. The van der Waals surface area contributed by atoms with Crippen LogP contribution in [0.3, 0.4) is 0 Å². The number of nitrogens with zero attached hydrogens (tertiary/aromatic N) is 4. The summed E-state index contributed by atoms with van der Waals surface area (Å²) in [7, 11) is 0. The van der Waals surface area contributed by atoms with Gasteiger partial charge in [0.05, 0.1) is 23.4 Å². The Balaban J connectivity index is 1.31. The quantitative estimate of drug-likeness (QED) is 0.467. The number of rotatable bonds is 7. The molecule has 1 aliphatic carbocycles. The number of aromatic nitrogens is 4. The number of thioether (sulfide) groups is 1. The van der Waals surface area contributed by atoms with Gasteiger partial charge in [0.1, 0.15) is 10.8 Å². The predicted molar refractivity (Wildman–Crippen MR) is 113 cm³/mol. The van der Waals surface area contributed by atoms with Crippen LogP contribution in [0, 0.1) is 0 Å². The number of ether oxygens (including phenoxy) is 1. The highest BCUT2D eigenvalue weighted by Gasteiger charge is 2.31. The first-order chi connectivity index (χ1) is 13.8. The summed E-state index contributed by atoms with van der Waals surface area (Å²) in [5, 5.41) is 13.8. The zero-order valence-electron chi connectivity index (χ0n) is 15.4. The highest BCUT2D eigenvalue weighted by atomic mass is 35.5. The van der Waals surface area contributed by atoms with Crippen molar-refractivity contribution in [1.29, 1.82) is 0 Å². The Bertz CT molecular complexity index is 963. The van der Waals surface area contributed by atoms with Crippen LogP contribution in [0.5, 0.6) is 0 Å². The fourth-order valence-corrected chi connectivity index (χ4v) is 5.58. The number of thiazole rings is 1. The summed E-state index contributed by atoms with van der Waals surface area (Å²) in [6.07, 6.45) is 5.01. The largest absolute Gasteiger partial charge is 0.376 e. The lowest BCUT2D eigenvalue weighted by atomic mass is 10.2. The molecule has 0 bridgehead atoms. The SMILES string of the molecule is Clc1ccccc1-c1nc(CSc2nnc(C3CC3)n2CC2CCCO2)cs1. The molecule has 0 N–H and O–H groups in total. The Morgan fingerprint density at radius 1 is 1.21 bits per heavy atom. The molecule has 2 aromatic heterocycles. The minimum Gasteiger partial charge on any atom is -0.376 e. The molecule has 3 heterocycles. The molecule has 1 unspecified atom stereocenters. The van der Waals surface area contributed by atoms with Crippen molar-refractivity contribution in [2.24, 2.45) is 0 Å². The zero-order valence-corrected chi connectivity index (χ0v) is 17.8. The van der Waals surface area contributed by atoms with Gasteiger partial charge in [-0.3, -0.25) is 0 Å². The Hall–Kier alpha value is -1.41. The fraction of sp³-hybridized carbons (Fsp3) is 0.450. The molecule has 1 atom stereocenters. The topological polar surface area (TPSA) is 52.8 Å². The van der Waals surface area contributed by atoms with Gasteiger partial charge in [0.2, 0.25) is 0 Å². The molecule has 1 saturated carbocycles. The maximum absolute atomic E-state index is 6.31. The van der Waals surface area contributed by atoms with Crippen LogP contribution in [0.1, 0.15) is 43.1 Å². The van der Waals surface area contributed by atoms with Crippen molar-refractivity contribution in [1.82, 2.24) is 19.7 Å². The average molecular weight is 433 g/mol. The second-order valence-electron chi connectivity index (χ2n) is 7.27. The third-order valence-corrected chi connectivity index (χ3v) is 7.36. The van der Waals surface area contributed by atoms with Gasteiger partial charge in [-0.25, -0.2) is 4.98 Å². The van der Waals surface area contributed by atoms with Crippen molar-refractivity contribution in [3.63, 3.8) is 0 Å². The standard InChI is InChI=1S/C20H21ClN4OS2/c21-17-6-2-1-5-16(17)19-22-14(11-27-19)12-28-20-24-23-18(13-7-8-13)25(20)10-15-4-3-9-26-15/h1-2,5-6,11,13,15H,3-4,7-10,12H2. The van der Waals surface area contributed by atoms with Crippen LogP contribution >= 0.6 is 34.7 Å². The molecule has 2 fully saturated rings. The second-order valence-corrected chi connectivity index (χ2v) is 9.48. The van der Waals surface area contributed by atoms with Gasteiger partial charge in [-0.05, 0) is 31.7 Å². The first-order valence-corrected chi connectivity index (χ1v) is 11.9. The first kappa shape index (κ1) is 18.6. The number of hydrogen-bond donors (Lipinski definition) is 0. The summed E-state index contributed by atoms with van der Waals surface area (Å²) in [6.45, 7) is 1.74. The van der Waals surface area contributed by atoms with E-state index in [2.05, 4.69) is 20.1 Å². The molecule has 5 rings (SSSR count). The lowest BCUT2D eigenvalue weighted by Crippen LogP contribution is -2.17. The smallest absolute Gasteiger partial charge is 0.191 e. The zero-order chi connectivity index (χ0) is 18.9. The molecule has 1 saturated heterocycles. The van der Waals surface area contributed by atoms with Crippen molar-refractivity contribution in [2.45, 2.75) is 55.2 Å². The van der Waals surface area contributed by atoms with Crippen molar-refractivity contribution in [3.05, 3.63) is 46.2 Å².